The van der Waals surface area contributed by atoms with E-state index in [9.17, 15) is 13.2 Å². The number of hydrogen-bond acceptors (Lipinski definition) is 4. The number of rotatable bonds is 4. The van der Waals surface area contributed by atoms with Gasteiger partial charge in [0.05, 0.1) is 5.75 Å². The van der Waals surface area contributed by atoms with Crippen molar-refractivity contribution >= 4 is 25.8 Å². The van der Waals surface area contributed by atoms with Crippen molar-refractivity contribution in [1.29, 1.82) is 0 Å². The summed E-state index contributed by atoms with van der Waals surface area (Å²) in [5.41, 5.74) is -1.00. The van der Waals surface area contributed by atoms with Gasteiger partial charge in [0, 0.05) is 22.1 Å². The highest BCUT2D eigenvalue weighted by Crippen LogP contribution is 2.50. The fraction of sp³-hybridized carbons (Fsp3) is 0.909. The summed E-state index contributed by atoms with van der Waals surface area (Å²) in [6, 6.07) is -0.277. The van der Waals surface area contributed by atoms with Gasteiger partial charge in [0.15, 0.2) is 0 Å². The van der Waals surface area contributed by atoms with E-state index in [2.05, 4.69) is 5.32 Å². The molecule has 1 unspecified atom stereocenters. The molecule has 1 rings (SSSR count). The van der Waals surface area contributed by atoms with Gasteiger partial charge in [-0.1, -0.05) is 0 Å². The Hall–Kier alpha value is -0.490. The first kappa shape index (κ1) is 15.6. The molecule has 7 heteroatoms. The lowest BCUT2D eigenvalue weighted by Crippen LogP contribution is -2.44. The smallest absolute Gasteiger partial charge is 0.407 e. The van der Waals surface area contributed by atoms with E-state index in [1.165, 1.54) is 0 Å². The van der Waals surface area contributed by atoms with Gasteiger partial charge in [-0.3, -0.25) is 0 Å². The molecule has 1 fully saturated rings. The maximum Gasteiger partial charge on any atom is 0.407 e. The highest BCUT2D eigenvalue weighted by atomic mass is 35.7. The first-order valence-electron chi connectivity index (χ1n) is 5.85. The molecule has 0 radical (unpaired) electrons. The number of ether oxygens (including phenoxy) is 1. The van der Waals surface area contributed by atoms with Crippen LogP contribution in [0.4, 0.5) is 4.79 Å². The predicted molar refractivity (Wildman–Crippen MR) is 70.1 cm³/mol. The van der Waals surface area contributed by atoms with Crippen LogP contribution in [0.1, 0.15) is 40.5 Å². The fourth-order valence-electron chi connectivity index (χ4n) is 1.84. The molecule has 0 bridgehead atoms. The molecule has 1 aliphatic rings. The van der Waals surface area contributed by atoms with E-state index in [0.717, 1.165) is 12.8 Å². The highest BCUT2D eigenvalue weighted by Gasteiger charge is 2.50. The second-order valence-corrected chi connectivity index (χ2v) is 8.69. The van der Waals surface area contributed by atoms with Gasteiger partial charge in [-0.25, -0.2) is 13.2 Å². The molecular weight excluding hydrogens is 278 g/mol. The molecule has 0 aromatic heterocycles. The molecule has 1 atom stereocenters. The number of alkyl carbamates (subject to hydrolysis) is 1. The Morgan fingerprint density at radius 1 is 1.44 bits per heavy atom. The van der Waals surface area contributed by atoms with E-state index in [1.54, 1.807) is 27.7 Å². The Bertz CT molecular complexity index is 423. The average molecular weight is 298 g/mol. The van der Waals surface area contributed by atoms with Crippen LogP contribution in [0.15, 0.2) is 0 Å². The number of carbonyl (C=O) groups excluding carboxylic acids is 1. The van der Waals surface area contributed by atoms with Crippen molar-refractivity contribution in [2.75, 3.05) is 5.75 Å². The van der Waals surface area contributed by atoms with Crippen LogP contribution in [0, 0.1) is 5.41 Å². The van der Waals surface area contributed by atoms with Crippen LogP contribution < -0.4 is 5.32 Å². The van der Waals surface area contributed by atoms with Gasteiger partial charge < -0.3 is 10.1 Å². The standard InChI is InChI=1S/C11H20ClNO4S/c1-8(13-9(14)17-10(2,3)4)11(5-6-11)7-18(12,15)16/h8H,5-7H2,1-4H3,(H,13,14). The minimum absolute atomic E-state index is 0.113. The zero-order valence-corrected chi connectivity index (χ0v) is 12.7. The van der Waals surface area contributed by atoms with Crippen molar-refractivity contribution in [2.45, 2.75) is 52.2 Å². The number of amides is 1. The number of halogens is 1. The SMILES string of the molecule is CC(NC(=O)OC(C)(C)C)C1(CS(=O)(=O)Cl)CC1. The molecule has 0 aromatic rings. The van der Waals surface area contributed by atoms with Crippen LogP contribution in [0.25, 0.3) is 0 Å². The van der Waals surface area contributed by atoms with Crippen molar-refractivity contribution in [3.05, 3.63) is 0 Å². The normalized spacial score (nSPS) is 20.1. The quantitative estimate of drug-likeness (QED) is 0.808. The highest BCUT2D eigenvalue weighted by molar-refractivity contribution is 8.13. The second-order valence-electron chi connectivity index (χ2n) is 5.91. The molecule has 0 aliphatic heterocycles. The molecular formula is C11H20ClNO4S. The van der Waals surface area contributed by atoms with Crippen molar-refractivity contribution in [3.63, 3.8) is 0 Å². The minimum Gasteiger partial charge on any atom is -0.444 e. The maximum absolute atomic E-state index is 11.6. The van der Waals surface area contributed by atoms with Crippen molar-refractivity contribution in [2.24, 2.45) is 5.41 Å². The zero-order chi connectivity index (χ0) is 14.2. The first-order valence-corrected chi connectivity index (χ1v) is 8.33. The molecule has 1 aliphatic carbocycles. The van der Waals surface area contributed by atoms with Gasteiger partial charge in [0.1, 0.15) is 5.60 Å². The molecule has 1 saturated carbocycles. The molecule has 0 aromatic carbocycles. The Balaban J connectivity index is 2.56. The Labute approximate surface area is 113 Å². The fourth-order valence-corrected chi connectivity index (χ4v) is 3.72. The molecule has 106 valence electrons. The van der Waals surface area contributed by atoms with Crippen LogP contribution in [0.5, 0.6) is 0 Å². The lowest BCUT2D eigenvalue weighted by atomic mass is 10.0. The monoisotopic (exact) mass is 297 g/mol. The lowest BCUT2D eigenvalue weighted by molar-refractivity contribution is 0.0489. The third kappa shape index (κ3) is 5.02. The molecule has 18 heavy (non-hydrogen) atoms. The van der Waals surface area contributed by atoms with Crippen LogP contribution in [-0.4, -0.2) is 31.9 Å². The summed E-state index contributed by atoms with van der Waals surface area (Å²) in [7, 11) is 1.72. The number of carbonyl (C=O) groups is 1. The first-order chi connectivity index (χ1) is 7.94. The molecule has 1 amide bonds. The summed E-state index contributed by atoms with van der Waals surface area (Å²) in [5, 5.41) is 2.68. The molecule has 0 heterocycles. The van der Waals surface area contributed by atoms with E-state index >= 15 is 0 Å². The van der Waals surface area contributed by atoms with Crippen molar-refractivity contribution in [3.8, 4) is 0 Å². The summed E-state index contributed by atoms with van der Waals surface area (Å²) >= 11 is 0. The minimum atomic E-state index is -3.56. The predicted octanol–water partition coefficient (Wildman–Crippen LogP) is 2.25. The van der Waals surface area contributed by atoms with E-state index < -0.39 is 26.2 Å². The topological polar surface area (TPSA) is 72.5 Å². The lowest BCUT2D eigenvalue weighted by Gasteiger charge is -2.26. The maximum atomic E-state index is 11.6. The number of nitrogens with one attached hydrogen (secondary N) is 1. The third-order valence-electron chi connectivity index (χ3n) is 3.00. The summed E-state index contributed by atoms with van der Waals surface area (Å²) < 4.78 is 27.4. The van der Waals surface area contributed by atoms with Gasteiger partial charge in [0.2, 0.25) is 9.05 Å². The Kier molecular flexibility index (Phi) is 4.23. The van der Waals surface area contributed by atoms with Gasteiger partial charge in [-0.2, -0.15) is 0 Å². The van der Waals surface area contributed by atoms with E-state index in [-0.39, 0.29) is 11.8 Å². The van der Waals surface area contributed by atoms with Gasteiger partial charge >= 0.3 is 6.09 Å². The summed E-state index contributed by atoms with van der Waals surface area (Å²) in [6.07, 6.45) is 0.958. The molecule has 5 nitrogen and oxygen atoms in total. The van der Waals surface area contributed by atoms with E-state index in [0.29, 0.717) is 0 Å². The average Bonchev–Trinajstić information content (AvgIpc) is 2.78. The van der Waals surface area contributed by atoms with Crippen molar-refractivity contribution in [1.82, 2.24) is 5.32 Å². The van der Waals surface area contributed by atoms with Gasteiger partial charge in [-0.05, 0) is 40.5 Å². The van der Waals surface area contributed by atoms with Crippen LogP contribution in [0.2, 0.25) is 0 Å². The Morgan fingerprint density at radius 2 is 1.94 bits per heavy atom. The summed E-state index contributed by atoms with van der Waals surface area (Å²) in [6.45, 7) is 7.09. The third-order valence-corrected chi connectivity index (χ3v) is 4.25. The molecule has 0 saturated heterocycles. The van der Waals surface area contributed by atoms with E-state index in [4.69, 9.17) is 15.4 Å². The molecule has 0 spiro atoms. The molecule has 1 N–H and O–H groups in total. The Morgan fingerprint density at radius 3 is 2.28 bits per heavy atom. The number of hydrogen-bond donors (Lipinski definition) is 1. The van der Waals surface area contributed by atoms with E-state index in [1.807, 2.05) is 0 Å². The van der Waals surface area contributed by atoms with Crippen LogP contribution in [-0.2, 0) is 13.8 Å². The summed E-state index contributed by atoms with van der Waals surface area (Å²) in [4.78, 5) is 11.6. The second kappa shape index (κ2) is 4.89. The summed E-state index contributed by atoms with van der Waals surface area (Å²) in [5.74, 6) is -0.113. The van der Waals surface area contributed by atoms with Crippen LogP contribution >= 0.6 is 10.7 Å². The zero-order valence-electron chi connectivity index (χ0n) is 11.1. The van der Waals surface area contributed by atoms with Crippen molar-refractivity contribution < 1.29 is 17.9 Å². The van der Waals surface area contributed by atoms with Gasteiger partial charge in [-0.15, -0.1) is 0 Å². The largest absolute Gasteiger partial charge is 0.444 e. The van der Waals surface area contributed by atoms with Crippen LogP contribution in [0.3, 0.4) is 0 Å². The van der Waals surface area contributed by atoms with Gasteiger partial charge in [0.25, 0.3) is 0 Å².